The summed E-state index contributed by atoms with van der Waals surface area (Å²) < 4.78 is 71.8. The SMILES string of the molecule is Cc1c(NS(C)(=O)=O)cccc1N(Cc1ccc(Oc2cccc(OC[C@@H]3C[C@@H](O)CC(=O)O3)c2)cc1)Cc1ccc(F)cc1F. The molecule has 4 aromatic rings. The second-order valence-corrected chi connectivity index (χ2v) is 12.9. The highest BCUT2D eigenvalue weighted by Gasteiger charge is 2.27. The minimum Gasteiger partial charge on any atom is -0.490 e. The predicted octanol–water partition coefficient (Wildman–Crippen LogP) is 6.09. The Labute approximate surface area is 266 Å². The van der Waals surface area contributed by atoms with Crippen LogP contribution < -0.4 is 19.1 Å². The van der Waals surface area contributed by atoms with E-state index in [1.807, 2.05) is 23.1 Å². The molecule has 9 nitrogen and oxygen atoms in total. The molecule has 5 rings (SSSR count). The van der Waals surface area contributed by atoms with Gasteiger partial charge in [0.15, 0.2) is 0 Å². The summed E-state index contributed by atoms with van der Waals surface area (Å²) in [6.45, 7) is 2.30. The molecule has 0 bridgehead atoms. The number of sulfonamides is 1. The smallest absolute Gasteiger partial charge is 0.308 e. The van der Waals surface area contributed by atoms with Crippen molar-refractivity contribution in [2.24, 2.45) is 0 Å². The van der Waals surface area contributed by atoms with Gasteiger partial charge >= 0.3 is 5.97 Å². The van der Waals surface area contributed by atoms with E-state index in [4.69, 9.17) is 14.2 Å². The number of aliphatic hydroxyl groups is 1. The van der Waals surface area contributed by atoms with Gasteiger partial charge in [-0.1, -0.05) is 30.3 Å². The molecule has 1 aliphatic heterocycles. The fourth-order valence-electron chi connectivity index (χ4n) is 5.16. The Morgan fingerprint density at radius 1 is 0.957 bits per heavy atom. The van der Waals surface area contributed by atoms with Gasteiger partial charge < -0.3 is 24.2 Å². The van der Waals surface area contributed by atoms with Gasteiger partial charge in [0.25, 0.3) is 0 Å². The molecule has 1 fully saturated rings. The van der Waals surface area contributed by atoms with E-state index in [2.05, 4.69) is 4.72 Å². The van der Waals surface area contributed by atoms with E-state index in [9.17, 15) is 27.1 Å². The van der Waals surface area contributed by atoms with Crippen LogP contribution in [-0.2, 0) is 32.6 Å². The molecular formula is C34H34F2N2O7S. The quantitative estimate of drug-likeness (QED) is 0.177. The van der Waals surface area contributed by atoms with Crippen molar-refractivity contribution in [1.29, 1.82) is 0 Å². The number of benzene rings is 4. The molecular weight excluding hydrogens is 618 g/mol. The van der Waals surface area contributed by atoms with E-state index in [1.54, 1.807) is 55.5 Å². The first-order valence-electron chi connectivity index (χ1n) is 14.6. The molecule has 1 saturated heterocycles. The van der Waals surface area contributed by atoms with Crippen molar-refractivity contribution in [2.45, 2.75) is 45.1 Å². The number of halogens is 2. The minimum absolute atomic E-state index is 0.0147. The van der Waals surface area contributed by atoms with Gasteiger partial charge in [-0.05, 0) is 60.5 Å². The summed E-state index contributed by atoms with van der Waals surface area (Å²) in [5.74, 6) is -0.226. The van der Waals surface area contributed by atoms with Gasteiger partial charge in [0.1, 0.15) is 41.6 Å². The molecule has 0 saturated carbocycles. The van der Waals surface area contributed by atoms with Crippen LogP contribution in [0.25, 0.3) is 0 Å². The maximum absolute atomic E-state index is 14.7. The number of nitrogens with one attached hydrogen (secondary N) is 1. The van der Waals surface area contributed by atoms with Gasteiger partial charge in [0.2, 0.25) is 10.0 Å². The Kier molecular flexibility index (Phi) is 10.1. The Hall–Kier alpha value is -4.68. The molecule has 0 radical (unpaired) electrons. The third kappa shape index (κ3) is 8.95. The number of hydrogen-bond acceptors (Lipinski definition) is 8. The number of anilines is 2. The van der Waals surface area contributed by atoms with E-state index < -0.39 is 39.8 Å². The van der Waals surface area contributed by atoms with E-state index in [-0.39, 0.29) is 25.1 Å². The molecule has 2 atom stereocenters. The lowest BCUT2D eigenvalue weighted by molar-refractivity contribution is -0.162. The van der Waals surface area contributed by atoms with Crippen LogP contribution >= 0.6 is 0 Å². The van der Waals surface area contributed by atoms with Crippen molar-refractivity contribution in [2.75, 3.05) is 22.5 Å². The molecule has 0 amide bonds. The zero-order valence-electron chi connectivity index (χ0n) is 25.3. The predicted molar refractivity (Wildman–Crippen MR) is 169 cm³/mol. The Balaban J connectivity index is 1.30. The number of ether oxygens (including phenoxy) is 3. The largest absolute Gasteiger partial charge is 0.490 e. The third-order valence-corrected chi connectivity index (χ3v) is 7.92. The molecule has 2 N–H and O–H groups in total. The van der Waals surface area contributed by atoms with Crippen molar-refractivity contribution in [3.8, 4) is 17.2 Å². The van der Waals surface area contributed by atoms with Crippen LogP contribution in [-0.4, -0.2) is 44.6 Å². The molecule has 12 heteroatoms. The van der Waals surface area contributed by atoms with Crippen molar-refractivity contribution in [3.63, 3.8) is 0 Å². The van der Waals surface area contributed by atoms with Gasteiger partial charge in [0, 0.05) is 42.9 Å². The average Bonchev–Trinajstić information content (AvgIpc) is 2.98. The van der Waals surface area contributed by atoms with E-state index in [0.717, 1.165) is 17.9 Å². The summed E-state index contributed by atoms with van der Waals surface area (Å²) >= 11 is 0. The average molecular weight is 653 g/mol. The summed E-state index contributed by atoms with van der Waals surface area (Å²) in [7, 11) is -3.54. The standard InChI is InChI=1S/C34H34F2N2O7S/c1-22-32(37-46(2,41)42)7-4-8-33(22)38(20-24-11-12-25(35)15-31(24)36)19-23-9-13-27(14-10-23)44-29-6-3-5-28(18-29)43-21-30-16-26(39)17-34(40)45-30/h3-15,18,26,30,37,39H,16-17,19-21H2,1-2H3/t26-,30+/m1/s1. The Bertz CT molecular complexity index is 1800. The number of hydrogen-bond donors (Lipinski definition) is 2. The molecule has 0 unspecified atom stereocenters. The number of cyclic esters (lactones) is 1. The first-order chi connectivity index (χ1) is 21.9. The van der Waals surface area contributed by atoms with Crippen LogP contribution in [0.5, 0.6) is 17.2 Å². The molecule has 0 aromatic heterocycles. The van der Waals surface area contributed by atoms with Gasteiger partial charge in [-0.3, -0.25) is 9.52 Å². The Morgan fingerprint density at radius 2 is 1.70 bits per heavy atom. The van der Waals surface area contributed by atoms with Crippen molar-refractivity contribution in [1.82, 2.24) is 0 Å². The van der Waals surface area contributed by atoms with Crippen molar-refractivity contribution < 1.29 is 41.3 Å². The summed E-state index contributed by atoms with van der Waals surface area (Å²) in [5.41, 5.74) is 2.86. The van der Waals surface area contributed by atoms with Crippen molar-refractivity contribution >= 4 is 27.4 Å². The topological polar surface area (TPSA) is 114 Å². The Morgan fingerprint density at radius 3 is 2.41 bits per heavy atom. The molecule has 46 heavy (non-hydrogen) atoms. The first-order valence-corrected chi connectivity index (χ1v) is 16.4. The highest BCUT2D eigenvalue weighted by molar-refractivity contribution is 7.92. The van der Waals surface area contributed by atoms with Crippen LogP contribution in [0.2, 0.25) is 0 Å². The van der Waals surface area contributed by atoms with Gasteiger partial charge in [0.05, 0.1) is 24.5 Å². The van der Waals surface area contributed by atoms with E-state index in [0.29, 0.717) is 47.2 Å². The second-order valence-electron chi connectivity index (χ2n) is 11.2. The van der Waals surface area contributed by atoms with Crippen LogP contribution in [0.4, 0.5) is 20.2 Å². The minimum atomic E-state index is -3.54. The molecule has 0 aliphatic carbocycles. The van der Waals surface area contributed by atoms with Gasteiger partial charge in [-0.2, -0.15) is 0 Å². The molecule has 1 heterocycles. The maximum Gasteiger partial charge on any atom is 0.308 e. The molecule has 1 aliphatic rings. The number of nitrogens with zero attached hydrogens (tertiary/aromatic N) is 1. The number of carbonyl (C=O) groups is 1. The number of aliphatic hydroxyl groups excluding tert-OH is 1. The lowest BCUT2D eigenvalue weighted by Gasteiger charge is -2.28. The normalized spacial score (nSPS) is 16.4. The first kappa shape index (κ1) is 32.7. The lowest BCUT2D eigenvalue weighted by atomic mass is 10.1. The second kappa shape index (κ2) is 14.2. The van der Waals surface area contributed by atoms with Gasteiger partial charge in [-0.15, -0.1) is 0 Å². The zero-order valence-corrected chi connectivity index (χ0v) is 26.1. The van der Waals surface area contributed by atoms with Crippen LogP contribution in [0.15, 0.2) is 84.9 Å². The van der Waals surface area contributed by atoms with E-state index in [1.165, 1.54) is 12.1 Å². The van der Waals surface area contributed by atoms with Crippen molar-refractivity contribution in [3.05, 3.63) is 113 Å². The number of rotatable bonds is 12. The summed E-state index contributed by atoms with van der Waals surface area (Å²) in [5, 5.41) is 9.80. The monoisotopic (exact) mass is 652 g/mol. The number of esters is 1. The summed E-state index contributed by atoms with van der Waals surface area (Å²) in [4.78, 5) is 13.5. The zero-order chi connectivity index (χ0) is 32.8. The summed E-state index contributed by atoms with van der Waals surface area (Å²) in [6.07, 6.45) is 0.0930. The third-order valence-electron chi connectivity index (χ3n) is 7.33. The van der Waals surface area contributed by atoms with Crippen LogP contribution in [0.1, 0.15) is 29.5 Å². The van der Waals surface area contributed by atoms with Crippen LogP contribution in [0.3, 0.4) is 0 Å². The van der Waals surface area contributed by atoms with Gasteiger partial charge in [-0.25, -0.2) is 17.2 Å². The number of carbonyl (C=O) groups excluding carboxylic acids is 1. The fraction of sp³-hybridized carbons (Fsp3) is 0.265. The van der Waals surface area contributed by atoms with Crippen LogP contribution in [0, 0.1) is 18.6 Å². The molecule has 242 valence electrons. The molecule has 0 spiro atoms. The molecule has 4 aromatic carbocycles. The fourth-order valence-corrected chi connectivity index (χ4v) is 5.78. The lowest BCUT2D eigenvalue weighted by Crippen LogP contribution is -2.36. The maximum atomic E-state index is 14.7. The highest BCUT2D eigenvalue weighted by atomic mass is 32.2. The van der Waals surface area contributed by atoms with E-state index >= 15 is 0 Å². The highest BCUT2D eigenvalue weighted by Crippen LogP contribution is 2.32. The summed E-state index contributed by atoms with van der Waals surface area (Å²) in [6, 6.07) is 22.9.